The Morgan fingerprint density at radius 1 is 1.30 bits per heavy atom. The number of hydrogen-bond donors (Lipinski definition) is 2. The zero-order valence-electron chi connectivity index (χ0n) is 14.5. The first kappa shape index (κ1) is 17.6. The van der Waals surface area contributed by atoms with Crippen LogP contribution in [0.5, 0.6) is 5.75 Å². The van der Waals surface area contributed by atoms with Gasteiger partial charge in [-0.05, 0) is 36.5 Å². The molecule has 1 aliphatic heterocycles. The SMILES string of the molecule is CN=C(NCCOc1ccc(C(C)C)cc1)NCC1CCCO1. The van der Waals surface area contributed by atoms with Crippen molar-refractivity contribution in [3.8, 4) is 5.75 Å². The molecule has 128 valence electrons. The number of nitrogens with zero attached hydrogens (tertiary/aromatic N) is 1. The summed E-state index contributed by atoms with van der Waals surface area (Å²) < 4.78 is 11.3. The third-order valence-electron chi connectivity index (χ3n) is 3.95. The zero-order valence-corrected chi connectivity index (χ0v) is 14.5. The molecule has 0 bridgehead atoms. The lowest BCUT2D eigenvalue weighted by atomic mass is 10.0. The van der Waals surface area contributed by atoms with Crippen LogP contribution in [0.4, 0.5) is 0 Å². The van der Waals surface area contributed by atoms with Crippen LogP contribution in [-0.2, 0) is 4.74 Å². The van der Waals surface area contributed by atoms with Crippen LogP contribution in [0.2, 0.25) is 0 Å². The minimum atomic E-state index is 0.310. The molecule has 0 amide bonds. The van der Waals surface area contributed by atoms with Crippen molar-refractivity contribution in [2.75, 3.05) is 33.4 Å². The van der Waals surface area contributed by atoms with E-state index in [0.717, 1.165) is 37.7 Å². The third kappa shape index (κ3) is 6.10. The molecule has 0 radical (unpaired) electrons. The van der Waals surface area contributed by atoms with Gasteiger partial charge in [-0.2, -0.15) is 0 Å². The topological polar surface area (TPSA) is 54.9 Å². The summed E-state index contributed by atoms with van der Waals surface area (Å²) in [7, 11) is 1.77. The smallest absolute Gasteiger partial charge is 0.191 e. The second-order valence-electron chi connectivity index (χ2n) is 6.09. The Balaban J connectivity index is 1.63. The molecule has 0 saturated carbocycles. The van der Waals surface area contributed by atoms with Gasteiger partial charge in [0, 0.05) is 20.2 Å². The molecule has 2 N–H and O–H groups in total. The minimum absolute atomic E-state index is 0.310. The number of guanidine groups is 1. The quantitative estimate of drug-likeness (QED) is 0.461. The fourth-order valence-electron chi connectivity index (χ4n) is 2.52. The molecular weight excluding hydrogens is 290 g/mol. The Labute approximate surface area is 139 Å². The summed E-state index contributed by atoms with van der Waals surface area (Å²) in [6.07, 6.45) is 2.59. The number of rotatable bonds is 7. The van der Waals surface area contributed by atoms with Crippen molar-refractivity contribution in [1.29, 1.82) is 0 Å². The highest BCUT2D eigenvalue weighted by atomic mass is 16.5. The maximum atomic E-state index is 5.74. The van der Waals surface area contributed by atoms with Gasteiger partial charge < -0.3 is 20.1 Å². The number of benzene rings is 1. The molecule has 0 spiro atoms. The van der Waals surface area contributed by atoms with Crippen LogP contribution in [0.15, 0.2) is 29.3 Å². The molecule has 1 saturated heterocycles. The van der Waals surface area contributed by atoms with E-state index in [1.165, 1.54) is 5.56 Å². The Kier molecular flexibility index (Phi) is 7.20. The first-order chi connectivity index (χ1) is 11.2. The monoisotopic (exact) mass is 319 g/mol. The molecule has 1 aliphatic rings. The molecule has 5 heteroatoms. The fourth-order valence-corrected chi connectivity index (χ4v) is 2.52. The Bertz CT molecular complexity index is 480. The predicted molar refractivity (Wildman–Crippen MR) is 94.4 cm³/mol. The maximum Gasteiger partial charge on any atom is 0.191 e. The lowest BCUT2D eigenvalue weighted by Crippen LogP contribution is -2.42. The van der Waals surface area contributed by atoms with Gasteiger partial charge in [0.25, 0.3) is 0 Å². The summed E-state index contributed by atoms with van der Waals surface area (Å²) in [6, 6.07) is 8.30. The van der Waals surface area contributed by atoms with Crippen LogP contribution in [0.3, 0.4) is 0 Å². The second kappa shape index (κ2) is 9.40. The Hall–Kier alpha value is -1.75. The number of nitrogens with one attached hydrogen (secondary N) is 2. The van der Waals surface area contributed by atoms with Crippen molar-refractivity contribution in [2.45, 2.75) is 38.7 Å². The van der Waals surface area contributed by atoms with Gasteiger partial charge in [0.05, 0.1) is 12.6 Å². The summed E-state index contributed by atoms with van der Waals surface area (Å²) in [6.45, 7) is 7.36. The first-order valence-corrected chi connectivity index (χ1v) is 8.48. The standard InChI is InChI=1S/C18H29N3O2/c1-14(2)15-6-8-16(9-7-15)23-12-10-20-18(19-3)21-13-17-5-4-11-22-17/h6-9,14,17H,4-5,10-13H2,1-3H3,(H2,19,20,21). The van der Waals surface area contributed by atoms with Crippen LogP contribution < -0.4 is 15.4 Å². The van der Waals surface area contributed by atoms with Crippen molar-refractivity contribution < 1.29 is 9.47 Å². The summed E-state index contributed by atoms with van der Waals surface area (Å²) in [5, 5.41) is 6.54. The van der Waals surface area contributed by atoms with E-state index in [9.17, 15) is 0 Å². The summed E-state index contributed by atoms with van der Waals surface area (Å²) >= 11 is 0. The molecule has 1 aromatic rings. The van der Waals surface area contributed by atoms with E-state index in [-0.39, 0.29) is 0 Å². The van der Waals surface area contributed by atoms with Gasteiger partial charge in [-0.1, -0.05) is 26.0 Å². The molecule has 2 rings (SSSR count). The molecule has 1 heterocycles. The lowest BCUT2D eigenvalue weighted by Gasteiger charge is -2.15. The lowest BCUT2D eigenvalue weighted by molar-refractivity contribution is 0.114. The van der Waals surface area contributed by atoms with Gasteiger partial charge in [-0.3, -0.25) is 4.99 Å². The van der Waals surface area contributed by atoms with Crippen molar-refractivity contribution >= 4 is 5.96 Å². The van der Waals surface area contributed by atoms with E-state index >= 15 is 0 Å². The number of hydrogen-bond acceptors (Lipinski definition) is 3. The van der Waals surface area contributed by atoms with Gasteiger partial charge >= 0.3 is 0 Å². The highest BCUT2D eigenvalue weighted by molar-refractivity contribution is 5.79. The van der Waals surface area contributed by atoms with Crippen molar-refractivity contribution in [3.05, 3.63) is 29.8 Å². The molecular formula is C18H29N3O2. The van der Waals surface area contributed by atoms with Gasteiger partial charge in [-0.25, -0.2) is 0 Å². The molecule has 0 aromatic heterocycles. The Morgan fingerprint density at radius 3 is 2.70 bits per heavy atom. The van der Waals surface area contributed by atoms with Gasteiger partial charge in [0.2, 0.25) is 0 Å². The average molecular weight is 319 g/mol. The maximum absolute atomic E-state index is 5.74. The van der Waals surface area contributed by atoms with Crippen molar-refractivity contribution in [1.82, 2.24) is 10.6 Å². The molecule has 5 nitrogen and oxygen atoms in total. The predicted octanol–water partition coefficient (Wildman–Crippen LogP) is 2.53. The van der Waals surface area contributed by atoms with Crippen LogP contribution >= 0.6 is 0 Å². The summed E-state index contributed by atoms with van der Waals surface area (Å²) in [5.74, 6) is 2.24. The fraction of sp³-hybridized carbons (Fsp3) is 0.611. The van der Waals surface area contributed by atoms with Gasteiger partial charge in [-0.15, -0.1) is 0 Å². The number of aliphatic imine (C=N–C) groups is 1. The summed E-state index contributed by atoms with van der Waals surface area (Å²) in [4.78, 5) is 4.21. The molecule has 1 aromatic carbocycles. The summed E-state index contributed by atoms with van der Waals surface area (Å²) in [5.41, 5.74) is 1.33. The van der Waals surface area contributed by atoms with E-state index in [1.54, 1.807) is 7.05 Å². The van der Waals surface area contributed by atoms with E-state index in [2.05, 4.69) is 41.6 Å². The minimum Gasteiger partial charge on any atom is -0.492 e. The van der Waals surface area contributed by atoms with Crippen molar-refractivity contribution in [3.63, 3.8) is 0 Å². The first-order valence-electron chi connectivity index (χ1n) is 8.48. The largest absolute Gasteiger partial charge is 0.492 e. The van der Waals surface area contributed by atoms with Gasteiger partial charge in [0.1, 0.15) is 12.4 Å². The van der Waals surface area contributed by atoms with Crippen molar-refractivity contribution in [2.24, 2.45) is 4.99 Å². The molecule has 0 aliphatic carbocycles. The van der Waals surface area contributed by atoms with E-state index in [4.69, 9.17) is 9.47 Å². The molecule has 23 heavy (non-hydrogen) atoms. The highest BCUT2D eigenvalue weighted by Crippen LogP contribution is 2.18. The second-order valence-corrected chi connectivity index (χ2v) is 6.09. The van der Waals surface area contributed by atoms with Crippen LogP contribution in [0.1, 0.15) is 38.2 Å². The van der Waals surface area contributed by atoms with Crippen LogP contribution in [0, 0.1) is 0 Å². The molecule has 1 atom stereocenters. The average Bonchev–Trinajstić information content (AvgIpc) is 3.08. The third-order valence-corrected chi connectivity index (χ3v) is 3.95. The Morgan fingerprint density at radius 2 is 2.09 bits per heavy atom. The number of ether oxygens (including phenoxy) is 2. The van der Waals surface area contributed by atoms with E-state index < -0.39 is 0 Å². The highest BCUT2D eigenvalue weighted by Gasteiger charge is 2.15. The normalized spacial score (nSPS) is 18.3. The molecule has 1 fully saturated rings. The van der Waals surface area contributed by atoms with E-state index in [0.29, 0.717) is 25.2 Å². The van der Waals surface area contributed by atoms with Crippen LogP contribution in [0.25, 0.3) is 0 Å². The van der Waals surface area contributed by atoms with E-state index in [1.807, 2.05) is 12.1 Å². The van der Waals surface area contributed by atoms with Gasteiger partial charge in [0.15, 0.2) is 5.96 Å². The molecule has 1 unspecified atom stereocenters. The zero-order chi connectivity index (χ0) is 16.5. The van der Waals surface area contributed by atoms with Crippen LogP contribution in [-0.4, -0.2) is 45.4 Å².